The van der Waals surface area contributed by atoms with Crippen molar-refractivity contribution in [2.45, 2.75) is 10.9 Å². The molecule has 0 radical (unpaired) electrons. The molecule has 3 rings (SSSR count). The second kappa shape index (κ2) is 7.15. The van der Waals surface area contributed by atoms with Gasteiger partial charge in [0.1, 0.15) is 5.75 Å². The second-order valence-corrected chi connectivity index (χ2v) is 7.80. The van der Waals surface area contributed by atoms with Gasteiger partial charge in [0.15, 0.2) is 0 Å². The van der Waals surface area contributed by atoms with Crippen molar-refractivity contribution < 1.29 is 17.9 Å². The number of methoxy groups -OCH3 is 1. The highest BCUT2D eigenvalue weighted by molar-refractivity contribution is 7.89. The van der Waals surface area contributed by atoms with Gasteiger partial charge in [0.25, 0.3) is 5.91 Å². The highest BCUT2D eigenvalue weighted by atomic mass is 32.2. The van der Waals surface area contributed by atoms with Gasteiger partial charge in [-0.25, -0.2) is 8.42 Å². The molecule has 0 spiro atoms. The molecule has 1 fully saturated rings. The molecule has 0 aliphatic carbocycles. The minimum absolute atomic E-state index is 0.190. The van der Waals surface area contributed by atoms with Crippen LogP contribution in [0.1, 0.15) is 15.9 Å². The molecule has 0 unspecified atom stereocenters. The van der Waals surface area contributed by atoms with Gasteiger partial charge in [-0.1, -0.05) is 0 Å². The number of nitrogens with one attached hydrogen (secondary N) is 1. The molecule has 134 valence electrons. The van der Waals surface area contributed by atoms with E-state index in [0.29, 0.717) is 16.9 Å². The Balaban J connectivity index is 1.59. The molecule has 2 aromatic rings. The molecule has 1 amide bonds. The average molecular weight is 371 g/mol. The normalized spacial score (nSPS) is 14.9. The number of sulfonamides is 1. The van der Waals surface area contributed by atoms with Crippen LogP contribution in [0.2, 0.25) is 0 Å². The Morgan fingerprint density at radius 3 is 2.31 bits per heavy atom. The van der Waals surface area contributed by atoms with E-state index in [9.17, 15) is 13.2 Å². The maximum absolute atomic E-state index is 12.5. The van der Waals surface area contributed by atoms with Gasteiger partial charge in [-0.3, -0.25) is 4.79 Å². The van der Waals surface area contributed by atoms with Crippen LogP contribution in [0, 0.1) is 11.3 Å². The zero-order valence-corrected chi connectivity index (χ0v) is 14.9. The molecule has 0 saturated carbocycles. The van der Waals surface area contributed by atoms with Gasteiger partial charge in [-0.05, 0) is 48.5 Å². The van der Waals surface area contributed by atoms with Crippen molar-refractivity contribution in [2.24, 2.45) is 0 Å². The first kappa shape index (κ1) is 17.9. The molecule has 1 saturated heterocycles. The van der Waals surface area contributed by atoms with Crippen LogP contribution in [0.15, 0.2) is 53.4 Å². The van der Waals surface area contributed by atoms with Gasteiger partial charge in [0, 0.05) is 18.7 Å². The Labute approximate surface area is 151 Å². The predicted octanol–water partition coefficient (Wildman–Crippen LogP) is 1.37. The Kier molecular flexibility index (Phi) is 4.93. The molecule has 0 bridgehead atoms. The lowest BCUT2D eigenvalue weighted by molar-refractivity contribution is 0.0895. The predicted molar refractivity (Wildman–Crippen MR) is 94.2 cm³/mol. The van der Waals surface area contributed by atoms with Crippen molar-refractivity contribution in [2.75, 3.05) is 20.2 Å². The smallest absolute Gasteiger partial charge is 0.251 e. The molecule has 26 heavy (non-hydrogen) atoms. The van der Waals surface area contributed by atoms with Crippen molar-refractivity contribution in [3.05, 3.63) is 59.7 Å². The summed E-state index contributed by atoms with van der Waals surface area (Å²) in [5.74, 6) is 0.293. The standard InChI is InChI=1S/C18H17N3O4S/c1-25-16-6-8-17(9-7-16)26(23,24)21-11-15(12-21)20-18(22)14-4-2-13(10-19)3-5-14/h2-9,15H,11-12H2,1H3,(H,20,22). The van der Waals surface area contributed by atoms with E-state index in [2.05, 4.69) is 5.32 Å². The summed E-state index contributed by atoms with van der Waals surface area (Å²) in [4.78, 5) is 12.4. The summed E-state index contributed by atoms with van der Waals surface area (Å²) in [7, 11) is -2.07. The first-order valence-electron chi connectivity index (χ1n) is 7.89. The lowest BCUT2D eigenvalue weighted by atomic mass is 10.1. The minimum Gasteiger partial charge on any atom is -0.497 e. The van der Waals surface area contributed by atoms with Gasteiger partial charge in [-0.2, -0.15) is 9.57 Å². The molecular weight excluding hydrogens is 354 g/mol. The third-order valence-electron chi connectivity index (χ3n) is 4.16. The molecular formula is C18H17N3O4S. The number of ether oxygens (including phenoxy) is 1. The zero-order chi connectivity index (χ0) is 18.7. The number of carbonyl (C=O) groups is 1. The van der Waals surface area contributed by atoms with Crippen LogP contribution in [-0.4, -0.2) is 44.9 Å². The van der Waals surface area contributed by atoms with E-state index >= 15 is 0 Å². The second-order valence-electron chi connectivity index (χ2n) is 5.86. The van der Waals surface area contributed by atoms with Gasteiger partial charge in [0.05, 0.1) is 29.7 Å². The van der Waals surface area contributed by atoms with Crippen LogP contribution < -0.4 is 10.1 Å². The topological polar surface area (TPSA) is 99.5 Å². The van der Waals surface area contributed by atoms with Crippen molar-refractivity contribution in [1.29, 1.82) is 5.26 Å². The summed E-state index contributed by atoms with van der Waals surface area (Å²) in [6.45, 7) is 0.437. The van der Waals surface area contributed by atoms with Gasteiger partial charge < -0.3 is 10.1 Å². The number of carbonyl (C=O) groups excluding carboxylic acids is 1. The number of nitriles is 1. The number of hydrogen-bond acceptors (Lipinski definition) is 5. The van der Waals surface area contributed by atoms with Crippen LogP contribution in [0.25, 0.3) is 0 Å². The SMILES string of the molecule is COc1ccc(S(=O)(=O)N2CC(NC(=O)c3ccc(C#N)cc3)C2)cc1. The van der Waals surface area contributed by atoms with E-state index in [1.807, 2.05) is 6.07 Å². The number of benzene rings is 2. The molecule has 8 heteroatoms. The number of amides is 1. The van der Waals surface area contributed by atoms with Crippen molar-refractivity contribution >= 4 is 15.9 Å². The molecule has 1 aliphatic heterocycles. The summed E-state index contributed by atoms with van der Waals surface area (Å²) in [5.41, 5.74) is 0.905. The number of rotatable bonds is 5. The quantitative estimate of drug-likeness (QED) is 0.856. The average Bonchev–Trinajstić information content (AvgIpc) is 2.64. The van der Waals surface area contributed by atoms with Crippen LogP contribution in [0.4, 0.5) is 0 Å². The van der Waals surface area contributed by atoms with E-state index in [1.54, 1.807) is 36.4 Å². The maximum atomic E-state index is 12.5. The number of hydrogen-bond donors (Lipinski definition) is 1. The zero-order valence-electron chi connectivity index (χ0n) is 14.0. The Morgan fingerprint density at radius 1 is 1.15 bits per heavy atom. The van der Waals surface area contributed by atoms with Crippen molar-refractivity contribution in [3.63, 3.8) is 0 Å². The molecule has 1 aliphatic rings. The summed E-state index contributed by atoms with van der Waals surface area (Å²) in [5, 5.41) is 11.6. The highest BCUT2D eigenvalue weighted by Crippen LogP contribution is 2.23. The molecule has 0 atom stereocenters. The lowest BCUT2D eigenvalue weighted by Crippen LogP contribution is -2.60. The minimum atomic E-state index is -3.58. The first-order valence-corrected chi connectivity index (χ1v) is 9.33. The molecule has 7 nitrogen and oxygen atoms in total. The van der Waals surface area contributed by atoms with Crippen molar-refractivity contribution in [3.8, 4) is 11.8 Å². The highest BCUT2D eigenvalue weighted by Gasteiger charge is 2.37. The Bertz CT molecular complexity index is 941. The summed E-state index contributed by atoms with van der Waals surface area (Å²) in [6.07, 6.45) is 0. The fourth-order valence-electron chi connectivity index (χ4n) is 2.59. The van der Waals surface area contributed by atoms with Gasteiger partial charge >= 0.3 is 0 Å². The summed E-state index contributed by atoms with van der Waals surface area (Å²) in [6, 6.07) is 14.2. The first-order chi connectivity index (χ1) is 12.4. The van der Waals surface area contributed by atoms with E-state index in [4.69, 9.17) is 10.00 Å². The summed E-state index contributed by atoms with van der Waals surface area (Å²) < 4.78 is 31.4. The third-order valence-corrected chi connectivity index (χ3v) is 6.00. The Morgan fingerprint density at radius 2 is 1.77 bits per heavy atom. The van der Waals surface area contributed by atoms with Crippen LogP contribution in [0.3, 0.4) is 0 Å². The van der Waals surface area contributed by atoms with Crippen LogP contribution in [-0.2, 0) is 10.0 Å². The van der Waals surface area contributed by atoms with Crippen LogP contribution >= 0.6 is 0 Å². The van der Waals surface area contributed by atoms with E-state index in [1.165, 1.54) is 23.5 Å². The number of nitrogens with zero attached hydrogens (tertiary/aromatic N) is 2. The maximum Gasteiger partial charge on any atom is 0.251 e. The largest absolute Gasteiger partial charge is 0.497 e. The molecule has 1 heterocycles. The van der Waals surface area contributed by atoms with Crippen LogP contribution in [0.5, 0.6) is 5.75 Å². The molecule has 2 aromatic carbocycles. The molecule has 0 aromatic heterocycles. The van der Waals surface area contributed by atoms with Crippen molar-refractivity contribution in [1.82, 2.24) is 9.62 Å². The third kappa shape index (κ3) is 3.54. The molecule has 1 N–H and O–H groups in total. The fourth-order valence-corrected chi connectivity index (χ4v) is 4.12. The lowest BCUT2D eigenvalue weighted by Gasteiger charge is -2.38. The monoisotopic (exact) mass is 371 g/mol. The van der Waals surface area contributed by atoms with Gasteiger partial charge in [0.2, 0.25) is 10.0 Å². The van der Waals surface area contributed by atoms with E-state index < -0.39 is 10.0 Å². The Hall–Kier alpha value is -2.89. The van der Waals surface area contributed by atoms with Gasteiger partial charge in [-0.15, -0.1) is 0 Å². The van der Waals surface area contributed by atoms with E-state index in [-0.39, 0.29) is 29.9 Å². The van der Waals surface area contributed by atoms with E-state index in [0.717, 1.165) is 0 Å². The summed E-state index contributed by atoms with van der Waals surface area (Å²) >= 11 is 0. The fraction of sp³-hybridized carbons (Fsp3) is 0.222.